The largest absolute Gasteiger partial charge is 0.238 e. The molecule has 3 heteroatoms. The van der Waals surface area contributed by atoms with E-state index in [0.29, 0.717) is 11.5 Å². The molecule has 1 spiro atoms. The van der Waals surface area contributed by atoms with Crippen LogP contribution in [0.5, 0.6) is 0 Å². The summed E-state index contributed by atoms with van der Waals surface area (Å²) in [5, 5.41) is 0. The third-order valence-corrected chi connectivity index (χ3v) is 11.9. The Morgan fingerprint density at radius 2 is 0.964 bits per heavy atom. The van der Waals surface area contributed by atoms with Gasteiger partial charge in [-0.15, -0.1) is 0 Å². The molecule has 2 aliphatic carbocycles. The SMILES string of the molecule is [C-]#[N+]c1ccc2c(c1)-c1c(-c3cccc(-c4ccc(-c5cc(-c6ccc(-c7ccccc7)cc6)nc(-c6ccccc6)n5)cc4)c3)cccc1C21CCCCC1. The lowest BCUT2D eigenvalue weighted by Crippen LogP contribution is -2.27. The average molecular weight is 718 g/mol. The molecule has 3 nitrogen and oxygen atoms in total. The van der Waals surface area contributed by atoms with Gasteiger partial charge in [0, 0.05) is 22.1 Å². The third kappa shape index (κ3) is 5.92. The molecule has 0 amide bonds. The molecule has 0 unspecified atom stereocenters. The maximum Gasteiger partial charge on any atom is 0.187 e. The van der Waals surface area contributed by atoms with E-state index in [-0.39, 0.29) is 5.41 Å². The fourth-order valence-corrected chi connectivity index (χ4v) is 9.17. The Morgan fingerprint density at radius 3 is 1.62 bits per heavy atom. The Morgan fingerprint density at radius 1 is 0.411 bits per heavy atom. The minimum absolute atomic E-state index is 0.0414. The summed E-state index contributed by atoms with van der Waals surface area (Å²) in [6.45, 7) is 7.79. The zero-order chi connectivity index (χ0) is 37.5. The van der Waals surface area contributed by atoms with Gasteiger partial charge >= 0.3 is 0 Å². The molecule has 56 heavy (non-hydrogen) atoms. The second-order valence-corrected chi connectivity index (χ2v) is 15.1. The maximum atomic E-state index is 7.79. The minimum Gasteiger partial charge on any atom is -0.238 e. The molecule has 1 saturated carbocycles. The van der Waals surface area contributed by atoms with Crippen molar-refractivity contribution in [2.45, 2.75) is 37.5 Å². The van der Waals surface area contributed by atoms with Crippen LogP contribution in [0.3, 0.4) is 0 Å². The van der Waals surface area contributed by atoms with Crippen molar-refractivity contribution in [2.24, 2.45) is 0 Å². The standard InChI is InChI=1S/C53H39N3/c1-54-44-29-30-47-46(34-44)51-45(19-12-20-48(51)53(47)31-9-4-10-32-53)43-18-11-17-42(33-43)38-23-27-40(28-24-38)50-35-49(55-52(56-50)41-15-7-3-8-16-41)39-25-21-37(22-26-39)36-13-5-2-6-14-36/h2-3,5-8,11-30,33-35H,4,9-10,31-32H2. The fraction of sp³-hybridized carbons (Fsp3) is 0.113. The summed E-state index contributed by atoms with van der Waals surface area (Å²) in [5.41, 5.74) is 18.1. The molecule has 1 heterocycles. The normalized spacial score (nSPS) is 13.8. The quantitative estimate of drug-likeness (QED) is 0.160. The zero-order valence-electron chi connectivity index (χ0n) is 31.1. The summed E-state index contributed by atoms with van der Waals surface area (Å²) < 4.78 is 0. The molecule has 10 rings (SSSR count). The monoisotopic (exact) mass is 717 g/mol. The van der Waals surface area contributed by atoms with E-state index in [1.807, 2.05) is 30.3 Å². The first-order valence-electron chi connectivity index (χ1n) is 19.6. The van der Waals surface area contributed by atoms with Crippen molar-refractivity contribution in [1.29, 1.82) is 0 Å². The second kappa shape index (κ2) is 14.1. The minimum atomic E-state index is 0.0414. The summed E-state index contributed by atoms with van der Waals surface area (Å²) in [4.78, 5) is 14.0. The number of hydrogen-bond acceptors (Lipinski definition) is 2. The van der Waals surface area contributed by atoms with Crippen LogP contribution >= 0.6 is 0 Å². The van der Waals surface area contributed by atoms with Crippen molar-refractivity contribution < 1.29 is 0 Å². The van der Waals surface area contributed by atoms with Gasteiger partial charge in [0.05, 0.1) is 18.0 Å². The summed E-state index contributed by atoms with van der Waals surface area (Å²) in [6.07, 6.45) is 6.11. The van der Waals surface area contributed by atoms with Crippen LogP contribution in [-0.4, -0.2) is 9.97 Å². The highest BCUT2D eigenvalue weighted by Gasteiger charge is 2.44. The molecule has 2 aliphatic rings. The summed E-state index contributed by atoms with van der Waals surface area (Å²) in [6, 6.07) is 62.4. The van der Waals surface area contributed by atoms with Gasteiger partial charge in [0.1, 0.15) is 0 Å². The Balaban J connectivity index is 1.01. The van der Waals surface area contributed by atoms with Crippen LogP contribution in [0.4, 0.5) is 5.69 Å². The first-order chi connectivity index (χ1) is 27.7. The topological polar surface area (TPSA) is 30.1 Å². The molecule has 1 fully saturated rings. The molecule has 8 aromatic rings. The molecule has 7 aromatic carbocycles. The van der Waals surface area contributed by atoms with Crippen LogP contribution in [0.25, 0.3) is 83.3 Å². The fourth-order valence-electron chi connectivity index (χ4n) is 9.17. The molecule has 266 valence electrons. The highest BCUT2D eigenvalue weighted by atomic mass is 14.9. The van der Waals surface area contributed by atoms with Gasteiger partial charge in [-0.3, -0.25) is 0 Å². The first kappa shape index (κ1) is 33.7. The van der Waals surface area contributed by atoms with Crippen molar-refractivity contribution in [3.05, 3.63) is 198 Å². The van der Waals surface area contributed by atoms with E-state index in [9.17, 15) is 0 Å². The Bertz CT molecular complexity index is 2750. The van der Waals surface area contributed by atoms with E-state index >= 15 is 0 Å². The number of benzene rings is 7. The van der Waals surface area contributed by atoms with Crippen LogP contribution in [-0.2, 0) is 5.41 Å². The van der Waals surface area contributed by atoms with Crippen molar-refractivity contribution in [1.82, 2.24) is 9.97 Å². The van der Waals surface area contributed by atoms with Gasteiger partial charge in [-0.1, -0.05) is 177 Å². The van der Waals surface area contributed by atoms with E-state index in [0.717, 1.165) is 33.6 Å². The van der Waals surface area contributed by atoms with Gasteiger partial charge in [0.25, 0.3) is 0 Å². The number of rotatable bonds is 6. The molecule has 1 aromatic heterocycles. The molecule has 0 radical (unpaired) electrons. The summed E-state index contributed by atoms with van der Waals surface area (Å²) in [5.74, 6) is 0.706. The smallest absolute Gasteiger partial charge is 0.187 e. The maximum absolute atomic E-state index is 7.79. The molecular weight excluding hydrogens is 679 g/mol. The van der Waals surface area contributed by atoms with Crippen molar-refractivity contribution in [2.75, 3.05) is 0 Å². The lowest BCUT2D eigenvalue weighted by atomic mass is 9.67. The van der Waals surface area contributed by atoms with Crippen molar-refractivity contribution in [3.63, 3.8) is 0 Å². The predicted octanol–water partition coefficient (Wildman–Crippen LogP) is 14.3. The molecule has 0 saturated heterocycles. The van der Waals surface area contributed by atoms with Crippen LogP contribution in [0, 0.1) is 6.57 Å². The highest BCUT2D eigenvalue weighted by Crippen LogP contribution is 2.58. The molecule has 0 bridgehead atoms. The van der Waals surface area contributed by atoms with Crippen LogP contribution in [0.15, 0.2) is 176 Å². The molecular formula is C53H39N3. The van der Waals surface area contributed by atoms with E-state index < -0.39 is 0 Å². The molecule has 0 N–H and O–H groups in total. The van der Waals surface area contributed by atoms with Crippen LogP contribution < -0.4 is 0 Å². The van der Waals surface area contributed by atoms with Gasteiger partial charge in [-0.05, 0) is 86.7 Å². The van der Waals surface area contributed by atoms with E-state index in [4.69, 9.17) is 16.5 Å². The van der Waals surface area contributed by atoms with Crippen molar-refractivity contribution in [3.8, 4) is 78.4 Å². The Hall–Kier alpha value is -6.89. The van der Waals surface area contributed by atoms with Crippen molar-refractivity contribution >= 4 is 5.69 Å². The van der Waals surface area contributed by atoms with E-state index in [1.54, 1.807) is 0 Å². The lowest BCUT2D eigenvalue weighted by molar-refractivity contribution is 0.353. The first-order valence-corrected chi connectivity index (χ1v) is 19.6. The average Bonchev–Trinajstić information content (AvgIpc) is 3.55. The summed E-state index contributed by atoms with van der Waals surface area (Å²) >= 11 is 0. The zero-order valence-corrected chi connectivity index (χ0v) is 31.1. The van der Waals surface area contributed by atoms with E-state index in [1.165, 1.54) is 82.2 Å². The number of hydrogen-bond donors (Lipinski definition) is 0. The number of nitrogens with zero attached hydrogens (tertiary/aromatic N) is 3. The van der Waals surface area contributed by atoms with Gasteiger partial charge < -0.3 is 0 Å². The van der Waals surface area contributed by atoms with Gasteiger partial charge in [-0.25, -0.2) is 14.8 Å². The summed E-state index contributed by atoms with van der Waals surface area (Å²) in [7, 11) is 0. The predicted molar refractivity (Wildman–Crippen MR) is 230 cm³/mol. The van der Waals surface area contributed by atoms with Gasteiger partial charge in [0.15, 0.2) is 11.5 Å². The third-order valence-electron chi connectivity index (χ3n) is 11.9. The highest BCUT2D eigenvalue weighted by molar-refractivity contribution is 5.94. The lowest BCUT2D eigenvalue weighted by Gasteiger charge is -2.36. The number of aromatic nitrogens is 2. The van der Waals surface area contributed by atoms with Gasteiger partial charge in [0.2, 0.25) is 0 Å². The van der Waals surface area contributed by atoms with E-state index in [2.05, 4.69) is 150 Å². The van der Waals surface area contributed by atoms with Gasteiger partial charge in [-0.2, -0.15) is 0 Å². The van der Waals surface area contributed by atoms with Crippen LogP contribution in [0.1, 0.15) is 43.2 Å². The molecule has 0 aliphatic heterocycles. The Labute approximate surface area is 328 Å². The molecule has 0 atom stereocenters. The second-order valence-electron chi connectivity index (χ2n) is 15.1. The van der Waals surface area contributed by atoms with Crippen LogP contribution in [0.2, 0.25) is 0 Å². The Kier molecular flexibility index (Phi) is 8.46. The number of fused-ring (bicyclic) bond motifs is 5.